The van der Waals surface area contributed by atoms with Gasteiger partial charge in [0.05, 0.1) is 12.6 Å². The van der Waals surface area contributed by atoms with Crippen LogP contribution in [0, 0.1) is 5.92 Å². The Balaban J connectivity index is 2.05. The summed E-state index contributed by atoms with van der Waals surface area (Å²) in [7, 11) is 0. The number of hydrogen-bond donors (Lipinski definition) is 3. The number of hydrogen-bond acceptors (Lipinski definition) is 4. The molecule has 2 amide bonds. The van der Waals surface area contributed by atoms with Crippen LogP contribution in [0.2, 0.25) is 0 Å². The summed E-state index contributed by atoms with van der Waals surface area (Å²) in [6.07, 6.45) is 2.02. The van der Waals surface area contributed by atoms with E-state index in [-0.39, 0.29) is 31.1 Å². The van der Waals surface area contributed by atoms with E-state index >= 15 is 0 Å². The summed E-state index contributed by atoms with van der Waals surface area (Å²) in [4.78, 5) is 22.9. The Labute approximate surface area is 114 Å². The summed E-state index contributed by atoms with van der Waals surface area (Å²) in [6.45, 7) is 6.58. The van der Waals surface area contributed by atoms with E-state index in [1.807, 2.05) is 13.8 Å². The number of carbonyl (C=O) groups is 2. The number of ether oxygens (including phenoxy) is 1. The molecule has 0 aliphatic carbocycles. The van der Waals surface area contributed by atoms with Crippen LogP contribution < -0.4 is 16.0 Å². The molecule has 0 bridgehead atoms. The highest BCUT2D eigenvalue weighted by Crippen LogP contribution is 2.06. The number of piperidine rings is 1. The van der Waals surface area contributed by atoms with Gasteiger partial charge in [-0.05, 0) is 31.8 Å². The van der Waals surface area contributed by atoms with Gasteiger partial charge < -0.3 is 20.7 Å². The molecule has 1 aliphatic rings. The summed E-state index contributed by atoms with van der Waals surface area (Å²) in [5.74, 6) is 0.00467. The predicted molar refractivity (Wildman–Crippen MR) is 72.7 cm³/mol. The minimum absolute atomic E-state index is 0.0150. The first-order chi connectivity index (χ1) is 9.08. The lowest BCUT2D eigenvalue weighted by molar-refractivity contribution is -0.130. The normalized spacial score (nSPS) is 16.4. The lowest BCUT2D eigenvalue weighted by Crippen LogP contribution is -2.40. The standard InChI is InChI=1S/C13H25N3O3/c1-10(2)7-15-12(17)8-16-13(18)9-19-11-3-5-14-6-4-11/h10-11,14H,3-9H2,1-2H3,(H,15,17)(H,16,18). The Hall–Kier alpha value is -1.14. The molecule has 110 valence electrons. The summed E-state index contributed by atoms with van der Waals surface area (Å²) in [6, 6.07) is 0. The molecule has 0 unspecified atom stereocenters. The van der Waals surface area contributed by atoms with E-state index in [0.29, 0.717) is 12.5 Å². The topological polar surface area (TPSA) is 79.5 Å². The van der Waals surface area contributed by atoms with Gasteiger partial charge in [0.1, 0.15) is 6.61 Å². The van der Waals surface area contributed by atoms with Crippen LogP contribution in [0.1, 0.15) is 26.7 Å². The molecule has 6 nitrogen and oxygen atoms in total. The predicted octanol–water partition coefficient (Wildman–Crippen LogP) is -0.357. The molecule has 1 aliphatic heterocycles. The monoisotopic (exact) mass is 271 g/mol. The average molecular weight is 271 g/mol. The van der Waals surface area contributed by atoms with Gasteiger partial charge in [0, 0.05) is 6.54 Å². The zero-order valence-corrected chi connectivity index (χ0v) is 11.8. The summed E-state index contributed by atoms with van der Waals surface area (Å²) >= 11 is 0. The van der Waals surface area contributed by atoms with E-state index in [4.69, 9.17) is 4.74 Å². The molecular weight excluding hydrogens is 246 g/mol. The Morgan fingerprint density at radius 2 is 1.89 bits per heavy atom. The van der Waals surface area contributed by atoms with Crippen molar-refractivity contribution >= 4 is 11.8 Å². The molecule has 0 aromatic carbocycles. The fourth-order valence-corrected chi connectivity index (χ4v) is 1.77. The molecule has 0 spiro atoms. The van der Waals surface area contributed by atoms with E-state index in [2.05, 4.69) is 16.0 Å². The first kappa shape index (κ1) is 15.9. The third-order valence-electron chi connectivity index (χ3n) is 2.89. The van der Waals surface area contributed by atoms with Crippen molar-refractivity contribution in [2.75, 3.05) is 32.8 Å². The highest BCUT2D eigenvalue weighted by molar-refractivity contribution is 5.85. The number of carbonyl (C=O) groups excluding carboxylic acids is 2. The molecule has 0 atom stereocenters. The van der Waals surface area contributed by atoms with E-state index in [0.717, 1.165) is 25.9 Å². The number of amides is 2. The van der Waals surface area contributed by atoms with Crippen molar-refractivity contribution in [2.24, 2.45) is 5.92 Å². The van der Waals surface area contributed by atoms with Crippen molar-refractivity contribution in [3.8, 4) is 0 Å². The molecule has 0 aromatic heterocycles. The molecule has 1 heterocycles. The SMILES string of the molecule is CC(C)CNC(=O)CNC(=O)COC1CCNCC1. The quantitative estimate of drug-likeness (QED) is 0.591. The van der Waals surface area contributed by atoms with Gasteiger partial charge in [-0.3, -0.25) is 9.59 Å². The minimum atomic E-state index is -0.238. The van der Waals surface area contributed by atoms with Gasteiger partial charge in [-0.1, -0.05) is 13.8 Å². The van der Waals surface area contributed by atoms with Gasteiger partial charge in [0.25, 0.3) is 0 Å². The van der Waals surface area contributed by atoms with Crippen LogP contribution in [0.4, 0.5) is 0 Å². The van der Waals surface area contributed by atoms with Crippen molar-refractivity contribution in [1.82, 2.24) is 16.0 Å². The van der Waals surface area contributed by atoms with Gasteiger partial charge in [0.15, 0.2) is 0 Å². The maximum absolute atomic E-state index is 11.5. The molecule has 19 heavy (non-hydrogen) atoms. The van der Waals surface area contributed by atoms with E-state index in [1.165, 1.54) is 0 Å². The number of rotatable bonds is 7. The second kappa shape index (κ2) is 8.87. The summed E-state index contributed by atoms with van der Waals surface area (Å²) in [5.41, 5.74) is 0. The van der Waals surface area contributed by atoms with E-state index < -0.39 is 0 Å². The van der Waals surface area contributed by atoms with Crippen LogP contribution in [0.3, 0.4) is 0 Å². The first-order valence-corrected chi connectivity index (χ1v) is 6.93. The molecule has 0 aromatic rings. The smallest absolute Gasteiger partial charge is 0.246 e. The summed E-state index contributed by atoms with van der Waals surface area (Å²) in [5, 5.41) is 8.53. The fourth-order valence-electron chi connectivity index (χ4n) is 1.77. The Morgan fingerprint density at radius 3 is 2.53 bits per heavy atom. The Kier molecular flexibility index (Phi) is 7.43. The Bertz CT molecular complexity index is 289. The van der Waals surface area contributed by atoms with Gasteiger partial charge in [-0.15, -0.1) is 0 Å². The van der Waals surface area contributed by atoms with Gasteiger partial charge >= 0.3 is 0 Å². The van der Waals surface area contributed by atoms with E-state index in [1.54, 1.807) is 0 Å². The second-order valence-electron chi connectivity index (χ2n) is 5.24. The molecule has 0 saturated carbocycles. The highest BCUT2D eigenvalue weighted by atomic mass is 16.5. The van der Waals surface area contributed by atoms with Gasteiger partial charge in [-0.2, -0.15) is 0 Å². The lowest BCUT2D eigenvalue weighted by atomic mass is 10.1. The average Bonchev–Trinajstić information content (AvgIpc) is 2.41. The molecule has 3 N–H and O–H groups in total. The second-order valence-corrected chi connectivity index (χ2v) is 5.24. The fraction of sp³-hybridized carbons (Fsp3) is 0.846. The molecule has 0 radical (unpaired) electrons. The first-order valence-electron chi connectivity index (χ1n) is 6.93. The minimum Gasteiger partial charge on any atom is -0.368 e. The zero-order chi connectivity index (χ0) is 14.1. The molecule has 6 heteroatoms. The largest absolute Gasteiger partial charge is 0.368 e. The van der Waals surface area contributed by atoms with Crippen LogP contribution >= 0.6 is 0 Å². The van der Waals surface area contributed by atoms with Crippen LogP contribution in [0.15, 0.2) is 0 Å². The van der Waals surface area contributed by atoms with Crippen LogP contribution in [0.5, 0.6) is 0 Å². The van der Waals surface area contributed by atoms with Crippen LogP contribution in [-0.2, 0) is 14.3 Å². The molecule has 1 rings (SSSR count). The maximum atomic E-state index is 11.5. The van der Waals surface area contributed by atoms with Gasteiger partial charge in [0.2, 0.25) is 11.8 Å². The lowest BCUT2D eigenvalue weighted by Gasteiger charge is -2.22. The Morgan fingerprint density at radius 1 is 1.21 bits per heavy atom. The zero-order valence-electron chi connectivity index (χ0n) is 11.8. The van der Waals surface area contributed by atoms with Crippen LogP contribution in [-0.4, -0.2) is 50.7 Å². The highest BCUT2D eigenvalue weighted by Gasteiger charge is 2.15. The van der Waals surface area contributed by atoms with E-state index in [9.17, 15) is 9.59 Å². The summed E-state index contributed by atoms with van der Waals surface area (Å²) < 4.78 is 5.49. The molecule has 1 saturated heterocycles. The number of nitrogens with one attached hydrogen (secondary N) is 3. The van der Waals surface area contributed by atoms with Crippen molar-refractivity contribution < 1.29 is 14.3 Å². The third kappa shape index (κ3) is 7.79. The van der Waals surface area contributed by atoms with Crippen LogP contribution in [0.25, 0.3) is 0 Å². The van der Waals surface area contributed by atoms with Crippen molar-refractivity contribution in [2.45, 2.75) is 32.8 Å². The maximum Gasteiger partial charge on any atom is 0.246 e. The van der Waals surface area contributed by atoms with Crippen molar-refractivity contribution in [3.05, 3.63) is 0 Å². The molecule has 1 fully saturated rings. The van der Waals surface area contributed by atoms with Crippen molar-refractivity contribution in [3.63, 3.8) is 0 Å². The molecular formula is C13H25N3O3. The van der Waals surface area contributed by atoms with Crippen molar-refractivity contribution in [1.29, 1.82) is 0 Å². The third-order valence-corrected chi connectivity index (χ3v) is 2.89. The van der Waals surface area contributed by atoms with Gasteiger partial charge in [-0.25, -0.2) is 0 Å².